The topological polar surface area (TPSA) is 18.5 Å². The second kappa shape index (κ2) is 11.3. The van der Waals surface area contributed by atoms with Gasteiger partial charge in [0.2, 0.25) is 0 Å². The van der Waals surface area contributed by atoms with Gasteiger partial charge < -0.3 is 9.47 Å². The van der Waals surface area contributed by atoms with Crippen molar-refractivity contribution in [1.29, 1.82) is 0 Å². The fourth-order valence-corrected chi connectivity index (χ4v) is 6.88. The molecule has 218 valence electrons. The third-order valence-electron chi connectivity index (χ3n) is 9.11. The number of benzene rings is 6. The fourth-order valence-electron chi connectivity index (χ4n) is 6.88. The normalized spacial score (nSPS) is 12.6. The van der Waals surface area contributed by atoms with Crippen molar-refractivity contribution in [3.05, 3.63) is 170 Å². The molecule has 0 aromatic heterocycles. The van der Waals surface area contributed by atoms with Gasteiger partial charge in [-0.1, -0.05) is 141 Å². The van der Waals surface area contributed by atoms with Crippen LogP contribution in [0.15, 0.2) is 159 Å². The maximum Gasteiger partial charge on any atom is 0.260 e. The van der Waals surface area contributed by atoms with Crippen molar-refractivity contribution < 1.29 is 9.47 Å². The molecule has 0 saturated heterocycles. The first-order valence-corrected chi connectivity index (χ1v) is 15.6. The van der Waals surface area contributed by atoms with Gasteiger partial charge in [-0.25, -0.2) is 0 Å². The Morgan fingerprint density at radius 1 is 0.587 bits per heavy atom. The van der Waals surface area contributed by atoms with E-state index in [1.165, 1.54) is 5.56 Å². The lowest BCUT2D eigenvalue weighted by Crippen LogP contribution is -2.57. The van der Waals surface area contributed by atoms with Crippen LogP contribution >= 0.6 is 0 Å². The Bertz CT molecular complexity index is 2200. The van der Waals surface area contributed by atoms with Crippen LogP contribution in [0.2, 0.25) is 0 Å². The van der Waals surface area contributed by atoms with Crippen molar-refractivity contribution >= 4 is 28.7 Å². The van der Waals surface area contributed by atoms with Crippen LogP contribution in [0.4, 0.5) is 0 Å². The molecule has 0 aliphatic carbocycles. The van der Waals surface area contributed by atoms with E-state index in [0.29, 0.717) is 0 Å². The molecule has 2 aliphatic rings. The summed E-state index contributed by atoms with van der Waals surface area (Å²) in [6.07, 6.45) is 5.62. The molecular weight excluding hydrogens is 559 g/mol. The van der Waals surface area contributed by atoms with Crippen molar-refractivity contribution in [1.82, 2.24) is 0 Å². The summed E-state index contributed by atoms with van der Waals surface area (Å²) < 4.78 is 14.0. The quantitative estimate of drug-likeness (QED) is 0.142. The number of hydrogen-bond acceptors (Lipinski definition) is 2. The zero-order valence-corrected chi connectivity index (χ0v) is 25.7. The average molecular weight is 591 g/mol. The van der Waals surface area contributed by atoms with Gasteiger partial charge in [-0.3, -0.25) is 0 Å². The van der Waals surface area contributed by atoms with Gasteiger partial charge in [0.15, 0.2) is 0 Å². The molecule has 0 atom stereocenters. The van der Waals surface area contributed by atoms with Gasteiger partial charge in [0.05, 0.1) is 0 Å². The Balaban J connectivity index is 1.44. The summed E-state index contributed by atoms with van der Waals surface area (Å²) in [4.78, 5) is 0. The summed E-state index contributed by atoms with van der Waals surface area (Å²) in [5, 5.41) is 0. The first kappa shape index (κ1) is 27.7. The van der Waals surface area contributed by atoms with E-state index in [9.17, 15) is 0 Å². The third-order valence-corrected chi connectivity index (χ3v) is 9.11. The lowest BCUT2D eigenvalue weighted by atomic mass is 9.34. The molecule has 3 heteroatoms. The standard InChI is InChI=1S/C43H31BO2/c1-4-14-29(5-2)32-21-23-37-39(25-32)45-42-35(31-18-10-7-11-19-31)27-36(34-20-13-12-15-28(34)3)43-41(42)44(37)38-24-22-33(26-40(38)46-43)30-16-8-6-9-17-30/h4-27H,1-2H2,3H3/b29-14+. The number of aryl methyl sites for hydroxylation is 1. The zero-order valence-electron chi connectivity index (χ0n) is 25.7. The van der Waals surface area contributed by atoms with Gasteiger partial charge in [-0.05, 0) is 75.0 Å². The lowest BCUT2D eigenvalue weighted by Gasteiger charge is -2.36. The molecule has 8 rings (SSSR count). The molecular formula is C43H31BO2. The molecule has 0 saturated carbocycles. The molecule has 46 heavy (non-hydrogen) atoms. The van der Waals surface area contributed by atoms with Crippen molar-refractivity contribution in [3.63, 3.8) is 0 Å². The van der Waals surface area contributed by atoms with Crippen LogP contribution in [0, 0.1) is 6.92 Å². The Labute approximate surface area is 270 Å². The molecule has 0 radical (unpaired) electrons. The van der Waals surface area contributed by atoms with Gasteiger partial charge in [0, 0.05) is 16.6 Å². The highest BCUT2D eigenvalue weighted by atomic mass is 16.5. The second-order valence-electron chi connectivity index (χ2n) is 11.8. The van der Waals surface area contributed by atoms with E-state index in [-0.39, 0.29) is 6.71 Å². The first-order chi connectivity index (χ1) is 22.6. The van der Waals surface area contributed by atoms with E-state index in [1.807, 2.05) is 24.3 Å². The van der Waals surface area contributed by atoms with E-state index in [0.717, 1.165) is 83.9 Å². The number of allylic oxidation sites excluding steroid dienone is 4. The summed E-state index contributed by atoms with van der Waals surface area (Å²) >= 11 is 0. The van der Waals surface area contributed by atoms with Crippen LogP contribution in [0.5, 0.6) is 23.0 Å². The van der Waals surface area contributed by atoms with Crippen LogP contribution in [0.3, 0.4) is 0 Å². The van der Waals surface area contributed by atoms with Crippen LogP contribution in [0.25, 0.3) is 39.0 Å². The molecule has 2 aliphatic heterocycles. The number of ether oxygens (including phenoxy) is 2. The maximum absolute atomic E-state index is 7.03. The van der Waals surface area contributed by atoms with E-state index >= 15 is 0 Å². The van der Waals surface area contributed by atoms with Crippen molar-refractivity contribution in [2.45, 2.75) is 6.92 Å². The first-order valence-electron chi connectivity index (χ1n) is 15.6. The van der Waals surface area contributed by atoms with Crippen LogP contribution < -0.4 is 25.9 Å². The number of rotatable bonds is 6. The molecule has 0 fully saturated rings. The molecule has 0 unspecified atom stereocenters. The van der Waals surface area contributed by atoms with Crippen molar-refractivity contribution in [2.75, 3.05) is 0 Å². The summed E-state index contributed by atoms with van der Waals surface area (Å²) in [6.45, 7) is 10.0. The molecule has 0 bridgehead atoms. The van der Waals surface area contributed by atoms with Gasteiger partial charge in [-0.2, -0.15) is 0 Å². The molecule has 2 heterocycles. The van der Waals surface area contributed by atoms with Crippen LogP contribution in [0.1, 0.15) is 11.1 Å². The third kappa shape index (κ3) is 4.52. The van der Waals surface area contributed by atoms with Gasteiger partial charge >= 0.3 is 0 Å². The van der Waals surface area contributed by atoms with Gasteiger partial charge in [0.25, 0.3) is 6.71 Å². The second-order valence-corrected chi connectivity index (χ2v) is 11.8. The number of hydrogen-bond donors (Lipinski definition) is 0. The SMILES string of the molecule is C=C/C=C(\C=C)c1ccc2c(c1)Oc1c(-c3ccccc3)cc(-c3ccccc3C)c3c1B2c1ccc(-c2ccccc2)cc1O3. The molecule has 6 aromatic carbocycles. The molecule has 0 spiro atoms. The summed E-state index contributed by atoms with van der Waals surface area (Å²) in [6, 6.07) is 44.9. The predicted molar refractivity (Wildman–Crippen MR) is 194 cm³/mol. The van der Waals surface area contributed by atoms with Crippen molar-refractivity contribution in [3.8, 4) is 56.4 Å². The Kier molecular flexibility index (Phi) is 6.80. The summed E-state index contributed by atoms with van der Waals surface area (Å²) in [5.74, 6) is 3.37. The van der Waals surface area contributed by atoms with E-state index in [4.69, 9.17) is 9.47 Å². The minimum absolute atomic E-state index is 0.0848. The predicted octanol–water partition coefficient (Wildman–Crippen LogP) is 9.48. The minimum Gasteiger partial charge on any atom is -0.458 e. The highest BCUT2D eigenvalue weighted by Crippen LogP contribution is 2.47. The molecule has 6 aromatic rings. The van der Waals surface area contributed by atoms with Gasteiger partial charge in [-0.15, -0.1) is 0 Å². The number of fused-ring (bicyclic) bond motifs is 4. The smallest absolute Gasteiger partial charge is 0.260 e. The lowest BCUT2D eigenvalue weighted by molar-refractivity contribution is 0.467. The Hall–Kier alpha value is -5.80. The van der Waals surface area contributed by atoms with Crippen LogP contribution in [-0.2, 0) is 0 Å². The largest absolute Gasteiger partial charge is 0.458 e. The fraction of sp³-hybridized carbons (Fsp3) is 0.0233. The Morgan fingerprint density at radius 3 is 1.91 bits per heavy atom. The molecule has 0 amide bonds. The Morgan fingerprint density at radius 2 is 1.22 bits per heavy atom. The zero-order chi connectivity index (χ0) is 31.2. The van der Waals surface area contributed by atoms with Crippen LogP contribution in [-0.4, -0.2) is 6.71 Å². The molecule has 2 nitrogen and oxygen atoms in total. The minimum atomic E-state index is -0.0848. The van der Waals surface area contributed by atoms with Gasteiger partial charge in [0.1, 0.15) is 23.0 Å². The summed E-state index contributed by atoms with van der Waals surface area (Å²) in [5.41, 5.74) is 13.1. The van der Waals surface area contributed by atoms with Crippen molar-refractivity contribution in [2.24, 2.45) is 0 Å². The maximum atomic E-state index is 7.03. The monoisotopic (exact) mass is 590 g/mol. The van der Waals surface area contributed by atoms with E-state index in [2.05, 4.69) is 135 Å². The highest BCUT2D eigenvalue weighted by molar-refractivity contribution is 6.98. The summed E-state index contributed by atoms with van der Waals surface area (Å²) in [7, 11) is 0. The van der Waals surface area contributed by atoms with E-state index < -0.39 is 0 Å². The highest BCUT2D eigenvalue weighted by Gasteiger charge is 2.43. The molecule has 0 N–H and O–H groups in total. The van der Waals surface area contributed by atoms with E-state index in [1.54, 1.807) is 6.08 Å². The average Bonchev–Trinajstić information content (AvgIpc) is 3.11.